The lowest BCUT2D eigenvalue weighted by molar-refractivity contribution is -0.135. The van der Waals surface area contributed by atoms with Gasteiger partial charge in [-0.1, -0.05) is 0 Å². The Labute approximate surface area is 164 Å². The van der Waals surface area contributed by atoms with Crippen LogP contribution < -0.4 is 5.32 Å². The number of rotatable bonds is 9. The summed E-state index contributed by atoms with van der Waals surface area (Å²) in [6, 6.07) is 0.459. The predicted molar refractivity (Wildman–Crippen MR) is 107 cm³/mol. The van der Waals surface area contributed by atoms with Crippen molar-refractivity contribution in [2.24, 2.45) is 0 Å². The number of carbonyl (C=O) groups excluding carboxylic acids is 2. The summed E-state index contributed by atoms with van der Waals surface area (Å²) in [6.07, 6.45) is 3.26. The van der Waals surface area contributed by atoms with Crippen LogP contribution in [0.2, 0.25) is 0 Å². The first-order valence-corrected chi connectivity index (χ1v) is 10.6. The highest BCUT2D eigenvalue weighted by molar-refractivity contribution is 5.77. The number of hydrogen-bond acceptors (Lipinski definition) is 5. The van der Waals surface area contributed by atoms with Crippen molar-refractivity contribution < 1.29 is 14.3 Å². The second-order valence-corrected chi connectivity index (χ2v) is 7.95. The number of likely N-dealkylation sites (tertiary alicyclic amines) is 1. The summed E-state index contributed by atoms with van der Waals surface area (Å²) in [5, 5.41) is 2.95. The van der Waals surface area contributed by atoms with E-state index in [1.165, 1.54) is 0 Å². The SMILES string of the molecule is CCN(C(=O)CCN1CCOCC1)C1CCCN(CCC(=O)NC(C)C)C1. The lowest BCUT2D eigenvalue weighted by atomic mass is 10.0. The van der Waals surface area contributed by atoms with Gasteiger partial charge in [-0.05, 0) is 40.2 Å². The Hall–Kier alpha value is -1.18. The summed E-state index contributed by atoms with van der Waals surface area (Å²) >= 11 is 0. The normalized spacial score (nSPS) is 22.0. The van der Waals surface area contributed by atoms with Crippen molar-refractivity contribution >= 4 is 11.8 Å². The molecule has 2 heterocycles. The molecule has 2 aliphatic heterocycles. The van der Waals surface area contributed by atoms with Crippen LogP contribution >= 0.6 is 0 Å². The molecule has 0 saturated carbocycles. The van der Waals surface area contributed by atoms with Crippen molar-refractivity contribution in [1.29, 1.82) is 0 Å². The second kappa shape index (κ2) is 11.6. The number of piperidine rings is 1. The van der Waals surface area contributed by atoms with Gasteiger partial charge in [0.15, 0.2) is 0 Å². The van der Waals surface area contributed by atoms with Gasteiger partial charge in [0.1, 0.15) is 0 Å². The highest BCUT2D eigenvalue weighted by Gasteiger charge is 2.28. The number of nitrogens with zero attached hydrogens (tertiary/aromatic N) is 3. The van der Waals surface area contributed by atoms with Gasteiger partial charge in [-0.3, -0.25) is 14.5 Å². The molecule has 0 aliphatic carbocycles. The Kier molecular flexibility index (Phi) is 9.51. The Morgan fingerprint density at radius 3 is 2.48 bits per heavy atom. The molecule has 2 saturated heterocycles. The highest BCUT2D eigenvalue weighted by Crippen LogP contribution is 2.17. The molecule has 0 radical (unpaired) electrons. The quantitative estimate of drug-likeness (QED) is 0.643. The zero-order valence-corrected chi connectivity index (χ0v) is 17.4. The molecule has 2 amide bonds. The van der Waals surface area contributed by atoms with Crippen LogP contribution in [0.25, 0.3) is 0 Å². The summed E-state index contributed by atoms with van der Waals surface area (Å²) in [7, 11) is 0. The van der Waals surface area contributed by atoms with Crippen LogP contribution in [0, 0.1) is 0 Å². The van der Waals surface area contributed by atoms with Crippen molar-refractivity contribution in [2.45, 2.75) is 58.5 Å². The first-order chi connectivity index (χ1) is 13.0. The lowest BCUT2D eigenvalue weighted by Crippen LogP contribution is -2.51. The molecule has 0 bridgehead atoms. The molecule has 2 rings (SSSR count). The van der Waals surface area contributed by atoms with Gasteiger partial charge in [-0.2, -0.15) is 0 Å². The fourth-order valence-corrected chi connectivity index (χ4v) is 4.00. The number of nitrogens with one attached hydrogen (secondary N) is 1. The molecule has 0 aromatic rings. The molecule has 7 nitrogen and oxygen atoms in total. The first-order valence-electron chi connectivity index (χ1n) is 10.6. The molecule has 0 aromatic heterocycles. The van der Waals surface area contributed by atoms with Crippen LogP contribution in [0.5, 0.6) is 0 Å². The molecule has 156 valence electrons. The summed E-state index contributed by atoms with van der Waals surface area (Å²) in [5.41, 5.74) is 0. The molecule has 27 heavy (non-hydrogen) atoms. The number of ether oxygens (including phenoxy) is 1. The van der Waals surface area contributed by atoms with Crippen molar-refractivity contribution in [3.05, 3.63) is 0 Å². The van der Waals surface area contributed by atoms with E-state index >= 15 is 0 Å². The zero-order chi connectivity index (χ0) is 19.6. The van der Waals surface area contributed by atoms with Gasteiger partial charge in [-0.15, -0.1) is 0 Å². The number of morpholine rings is 1. The van der Waals surface area contributed by atoms with Crippen LogP contribution in [0.15, 0.2) is 0 Å². The standard InChI is InChI=1S/C20H38N4O3/c1-4-24(20(26)8-11-22-12-14-27-15-13-22)18-6-5-9-23(16-18)10-7-19(25)21-17(2)3/h17-18H,4-16H2,1-3H3,(H,21,25). The molecular weight excluding hydrogens is 344 g/mol. The highest BCUT2D eigenvalue weighted by atomic mass is 16.5. The van der Waals surface area contributed by atoms with Gasteiger partial charge in [0.05, 0.1) is 13.2 Å². The van der Waals surface area contributed by atoms with E-state index in [2.05, 4.69) is 26.9 Å². The molecule has 1 atom stereocenters. The lowest BCUT2D eigenvalue weighted by Gasteiger charge is -2.39. The summed E-state index contributed by atoms with van der Waals surface area (Å²) in [4.78, 5) is 31.4. The average Bonchev–Trinajstić information content (AvgIpc) is 2.66. The third-order valence-electron chi connectivity index (χ3n) is 5.43. The van der Waals surface area contributed by atoms with Gasteiger partial charge in [0.2, 0.25) is 11.8 Å². The van der Waals surface area contributed by atoms with Gasteiger partial charge in [0, 0.05) is 64.2 Å². The van der Waals surface area contributed by atoms with E-state index in [0.717, 1.165) is 71.9 Å². The summed E-state index contributed by atoms with van der Waals surface area (Å²) in [6.45, 7) is 13.7. The van der Waals surface area contributed by atoms with Crippen molar-refractivity contribution in [2.75, 3.05) is 59.0 Å². The minimum Gasteiger partial charge on any atom is -0.379 e. The maximum atomic E-state index is 12.8. The average molecular weight is 383 g/mol. The van der Waals surface area contributed by atoms with E-state index < -0.39 is 0 Å². The molecular formula is C20H38N4O3. The van der Waals surface area contributed by atoms with Crippen LogP contribution in [-0.2, 0) is 14.3 Å². The fraction of sp³-hybridized carbons (Fsp3) is 0.900. The van der Waals surface area contributed by atoms with Crippen LogP contribution in [0.1, 0.15) is 46.5 Å². The molecule has 0 aromatic carbocycles. The van der Waals surface area contributed by atoms with E-state index in [1.807, 2.05) is 13.8 Å². The fourth-order valence-electron chi connectivity index (χ4n) is 4.00. The topological polar surface area (TPSA) is 65.1 Å². The molecule has 1 N–H and O–H groups in total. The van der Waals surface area contributed by atoms with E-state index in [1.54, 1.807) is 0 Å². The van der Waals surface area contributed by atoms with Crippen LogP contribution in [0.3, 0.4) is 0 Å². The Bertz CT molecular complexity index is 466. The van der Waals surface area contributed by atoms with Gasteiger partial charge in [-0.25, -0.2) is 0 Å². The summed E-state index contributed by atoms with van der Waals surface area (Å²) < 4.78 is 5.37. The molecule has 1 unspecified atom stereocenters. The van der Waals surface area contributed by atoms with Crippen molar-refractivity contribution in [3.8, 4) is 0 Å². The minimum absolute atomic E-state index is 0.112. The van der Waals surface area contributed by atoms with Gasteiger partial charge >= 0.3 is 0 Å². The smallest absolute Gasteiger partial charge is 0.224 e. The molecule has 2 fully saturated rings. The van der Waals surface area contributed by atoms with E-state index in [0.29, 0.717) is 12.8 Å². The minimum atomic E-state index is 0.112. The third kappa shape index (κ3) is 7.76. The van der Waals surface area contributed by atoms with E-state index in [4.69, 9.17) is 4.74 Å². The van der Waals surface area contributed by atoms with E-state index in [-0.39, 0.29) is 23.9 Å². The Morgan fingerprint density at radius 2 is 1.81 bits per heavy atom. The number of likely N-dealkylation sites (N-methyl/N-ethyl adjacent to an activating group) is 1. The number of hydrogen-bond donors (Lipinski definition) is 1. The largest absolute Gasteiger partial charge is 0.379 e. The molecule has 2 aliphatic rings. The molecule has 7 heteroatoms. The molecule has 0 spiro atoms. The maximum Gasteiger partial charge on any atom is 0.224 e. The van der Waals surface area contributed by atoms with E-state index in [9.17, 15) is 9.59 Å². The predicted octanol–water partition coefficient (Wildman–Crippen LogP) is 0.936. The third-order valence-corrected chi connectivity index (χ3v) is 5.43. The number of carbonyl (C=O) groups is 2. The van der Waals surface area contributed by atoms with Gasteiger partial charge in [0.25, 0.3) is 0 Å². The zero-order valence-electron chi connectivity index (χ0n) is 17.4. The number of amides is 2. The van der Waals surface area contributed by atoms with Crippen molar-refractivity contribution in [3.63, 3.8) is 0 Å². The second-order valence-electron chi connectivity index (χ2n) is 7.95. The Morgan fingerprint density at radius 1 is 1.11 bits per heavy atom. The monoisotopic (exact) mass is 382 g/mol. The summed E-state index contributed by atoms with van der Waals surface area (Å²) in [5.74, 6) is 0.370. The first kappa shape index (κ1) is 22.1. The maximum absolute atomic E-state index is 12.8. The Balaban J connectivity index is 1.77. The van der Waals surface area contributed by atoms with Gasteiger partial charge < -0.3 is 19.9 Å². The van der Waals surface area contributed by atoms with Crippen LogP contribution in [-0.4, -0.2) is 97.6 Å². The van der Waals surface area contributed by atoms with Crippen LogP contribution in [0.4, 0.5) is 0 Å². The van der Waals surface area contributed by atoms with Crippen molar-refractivity contribution in [1.82, 2.24) is 20.0 Å².